The summed E-state index contributed by atoms with van der Waals surface area (Å²) < 4.78 is 6.65. The first-order valence-corrected chi connectivity index (χ1v) is 9.62. The van der Waals surface area contributed by atoms with Crippen molar-refractivity contribution in [2.24, 2.45) is 5.92 Å². The molecule has 0 aliphatic heterocycles. The molecule has 4 rings (SSSR count). The highest BCUT2D eigenvalue weighted by Crippen LogP contribution is 2.29. The Balaban J connectivity index is 1.56. The van der Waals surface area contributed by atoms with Gasteiger partial charge in [-0.1, -0.05) is 29.3 Å². The second kappa shape index (κ2) is 7.81. The maximum atomic E-state index is 12.9. The molecule has 1 amide bonds. The minimum absolute atomic E-state index is 0.217. The summed E-state index contributed by atoms with van der Waals surface area (Å²) in [5, 5.41) is 3.95. The smallest absolute Gasteiger partial charge is 0.411 e. The van der Waals surface area contributed by atoms with Gasteiger partial charge in [0.15, 0.2) is 0 Å². The fourth-order valence-corrected chi connectivity index (χ4v) is 3.14. The van der Waals surface area contributed by atoms with Crippen LogP contribution in [0.1, 0.15) is 18.4 Å². The highest BCUT2D eigenvalue weighted by molar-refractivity contribution is 6.42. The Morgan fingerprint density at radius 3 is 2.75 bits per heavy atom. The van der Waals surface area contributed by atoms with E-state index in [-0.39, 0.29) is 5.56 Å². The molecule has 0 unspecified atom stereocenters. The van der Waals surface area contributed by atoms with Crippen LogP contribution in [-0.4, -0.2) is 22.3 Å². The molecule has 3 aromatic rings. The standard InChI is InChI=1S/C20H17Cl2N3O3/c21-16-5-3-13(7-17(16)22)9-25-11-23-18-6-4-14(8-15(18)19(25)26)24-20(27)28-10-12-1-2-12/h3-8,11-12H,1-2,9-10H2,(H,24,27). The SMILES string of the molecule is O=C(Nc1ccc2ncn(Cc3ccc(Cl)c(Cl)c3)c(=O)c2c1)OCC1CC1. The summed E-state index contributed by atoms with van der Waals surface area (Å²) in [5.41, 5.74) is 1.65. The molecule has 2 aromatic carbocycles. The largest absolute Gasteiger partial charge is 0.449 e. The minimum atomic E-state index is -0.522. The van der Waals surface area contributed by atoms with Crippen LogP contribution < -0.4 is 10.9 Å². The van der Waals surface area contributed by atoms with Crippen LogP contribution in [0.2, 0.25) is 10.0 Å². The summed E-state index contributed by atoms with van der Waals surface area (Å²) >= 11 is 12.0. The van der Waals surface area contributed by atoms with Crippen molar-refractivity contribution >= 4 is 45.9 Å². The average molecular weight is 418 g/mol. The Bertz CT molecular complexity index is 1110. The van der Waals surface area contributed by atoms with Crippen molar-refractivity contribution in [3.8, 4) is 0 Å². The summed E-state index contributed by atoms with van der Waals surface area (Å²) in [6.45, 7) is 0.733. The number of carbonyl (C=O) groups is 1. The summed E-state index contributed by atoms with van der Waals surface area (Å²) in [7, 11) is 0. The van der Waals surface area contributed by atoms with Crippen molar-refractivity contribution in [1.29, 1.82) is 0 Å². The fraction of sp³-hybridized carbons (Fsp3) is 0.250. The minimum Gasteiger partial charge on any atom is -0.449 e. The monoisotopic (exact) mass is 417 g/mol. The van der Waals surface area contributed by atoms with Gasteiger partial charge in [0.05, 0.1) is 40.4 Å². The molecule has 0 atom stereocenters. The second-order valence-corrected chi connectivity index (χ2v) is 7.64. The molecule has 1 aromatic heterocycles. The van der Waals surface area contributed by atoms with E-state index in [0.717, 1.165) is 18.4 Å². The third-order valence-corrected chi connectivity index (χ3v) is 5.29. The zero-order valence-corrected chi connectivity index (χ0v) is 16.3. The van der Waals surface area contributed by atoms with Gasteiger partial charge in [-0.3, -0.25) is 14.7 Å². The van der Waals surface area contributed by atoms with Gasteiger partial charge in [-0.05, 0) is 54.7 Å². The molecule has 1 aliphatic rings. The number of hydrogen-bond donors (Lipinski definition) is 1. The van der Waals surface area contributed by atoms with Crippen LogP contribution in [-0.2, 0) is 11.3 Å². The van der Waals surface area contributed by atoms with Gasteiger partial charge >= 0.3 is 6.09 Å². The van der Waals surface area contributed by atoms with Crippen molar-refractivity contribution in [1.82, 2.24) is 9.55 Å². The quantitative estimate of drug-likeness (QED) is 0.652. The predicted molar refractivity (Wildman–Crippen MR) is 109 cm³/mol. The normalized spacial score (nSPS) is 13.5. The number of halogens is 2. The summed E-state index contributed by atoms with van der Waals surface area (Å²) in [6.07, 6.45) is 3.18. The molecule has 0 saturated heterocycles. The zero-order chi connectivity index (χ0) is 19.7. The van der Waals surface area contributed by atoms with E-state index >= 15 is 0 Å². The Morgan fingerprint density at radius 2 is 2.00 bits per heavy atom. The number of benzene rings is 2. The molecule has 8 heteroatoms. The van der Waals surface area contributed by atoms with Gasteiger partial charge in [-0.25, -0.2) is 9.78 Å². The van der Waals surface area contributed by atoms with Crippen LogP contribution in [0.4, 0.5) is 10.5 Å². The van der Waals surface area contributed by atoms with Gasteiger partial charge in [0.1, 0.15) is 0 Å². The number of rotatable bonds is 5. The number of carbonyl (C=O) groups excluding carboxylic acids is 1. The van der Waals surface area contributed by atoms with Crippen LogP contribution in [0.5, 0.6) is 0 Å². The highest BCUT2D eigenvalue weighted by Gasteiger charge is 2.23. The maximum Gasteiger partial charge on any atom is 0.411 e. The number of ether oxygens (including phenoxy) is 1. The van der Waals surface area contributed by atoms with Crippen LogP contribution in [0.25, 0.3) is 10.9 Å². The first-order chi connectivity index (χ1) is 13.5. The van der Waals surface area contributed by atoms with E-state index < -0.39 is 6.09 Å². The molecule has 144 valence electrons. The Labute approximate surface area is 171 Å². The van der Waals surface area contributed by atoms with E-state index in [4.69, 9.17) is 27.9 Å². The van der Waals surface area contributed by atoms with Crippen molar-refractivity contribution in [3.63, 3.8) is 0 Å². The molecule has 1 aliphatic carbocycles. The molecule has 0 bridgehead atoms. The van der Waals surface area contributed by atoms with Crippen LogP contribution >= 0.6 is 23.2 Å². The predicted octanol–water partition coefficient (Wildman–Crippen LogP) is 4.71. The maximum absolute atomic E-state index is 12.9. The first-order valence-electron chi connectivity index (χ1n) is 8.86. The molecule has 1 heterocycles. The van der Waals surface area contributed by atoms with E-state index in [1.54, 1.807) is 36.4 Å². The van der Waals surface area contributed by atoms with E-state index in [9.17, 15) is 9.59 Å². The second-order valence-electron chi connectivity index (χ2n) is 6.82. The lowest BCUT2D eigenvalue weighted by atomic mass is 10.2. The van der Waals surface area contributed by atoms with Crippen molar-refractivity contribution < 1.29 is 9.53 Å². The number of anilines is 1. The van der Waals surface area contributed by atoms with E-state index in [1.807, 2.05) is 0 Å². The molecule has 1 saturated carbocycles. The van der Waals surface area contributed by atoms with E-state index in [2.05, 4.69) is 10.3 Å². The number of nitrogens with zero attached hydrogens (tertiary/aromatic N) is 2. The lowest BCUT2D eigenvalue weighted by Gasteiger charge is -2.10. The van der Waals surface area contributed by atoms with E-state index in [0.29, 0.717) is 45.7 Å². The summed E-state index contributed by atoms with van der Waals surface area (Å²) in [5.74, 6) is 0.486. The number of aromatic nitrogens is 2. The first kappa shape index (κ1) is 18.8. The third kappa shape index (κ3) is 4.29. The molecule has 1 N–H and O–H groups in total. The van der Waals surface area contributed by atoms with Gasteiger partial charge in [0.2, 0.25) is 0 Å². The molecular formula is C20H17Cl2N3O3. The molecule has 1 fully saturated rings. The summed E-state index contributed by atoms with van der Waals surface area (Å²) in [6, 6.07) is 10.2. The molecular weight excluding hydrogens is 401 g/mol. The molecule has 28 heavy (non-hydrogen) atoms. The number of amides is 1. The van der Waals surface area contributed by atoms with Crippen LogP contribution in [0, 0.1) is 5.92 Å². The van der Waals surface area contributed by atoms with Crippen molar-refractivity contribution in [2.45, 2.75) is 19.4 Å². The van der Waals surface area contributed by atoms with E-state index in [1.165, 1.54) is 10.9 Å². The lowest BCUT2D eigenvalue weighted by molar-refractivity contribution is 0.156. The fourth-order valence-electron chi connectivity index (χ4n) is 2.82. The topological polar surface area (TPSA) is 73.2 Å². The van der Waals surface area contributed by atoms with Crippen LogP contribution in [0.3, 0.4) is 0 Å². The average Bonchev–Trinajstić information content (AvgIpc) is 3.50. The third-order valence-electron chi connectivity index (χ3n) is 4.55. The number of nitrogens with one attached hydrogen (secondary N) is 1. The molecule has 0 radical (unpaired) electrons. The Hall–Kier alpha value is -2.57. The van der Waals surface area contributed by atoms with Crippen molar-refractivity contribution in [2.75, 3.05) is 11.9 Å². The van der Waals surface area contributed by atoms with Gasteiger partial charge in [0.25, 0.3) is 5.56 Å². The van der Waals surface area contributed by atoms with Gasteiger partial charge in [-0.15, -0.1) is 0 Å². The zero-order valence-electron chi connectivity index (χ0n) is 14.8. The van der Waals surface area contributed by atoms with Gasteiger partial charge < -0.3 is 4.74 Å². The van der Waals surface area contributed by atoms with Crippen molar-refractivity contribution in [3.05, 3.63) is 68.7 Å². The lowest BCUT2D eigenvalue weighted by Crippen LogP contribution is -2.21. The van der Waals surface area contributed by atoms with Gasteiger partial charge in [-0.2, -0.15) is 0 Å². The summed E-state index contributed by atoms with van der Waals surface area (Å²) in [4.78, 5) is 29.1. The van der Waals surface area contributed by atoms with Crippen LogP contribution in [0.15, 0.2) is 47.5 Å². The number of hydrogen-bond acceptors (Lipinski definition) is 4. The molecule has 6 nitrogen and oxygen atoms in total. The molecule has 0 spiro atoms. The Morgan fingerprint density at radius 1 is 1.18 bits per heavy atom. The highest BCUT2D eigenvalue weighted by atomic mass is 35.5. The Kier molecular flexibility index (Phi) is 5.24. The van der Waals surface area contributed by atoms with Gasteiger partial charge in [0, 0.05) is 5.69 Å². The number of fused-ring (bicyclic) bond motifs is 1.